The van der Waals surface area contributed by atoms with Gasteiger partial charge in [-0.2, -0.15) is 4.98 Å². The van der Waals surface area contributed by atoms with Gasteiger partial charge < -0.3 is 23.5 Å². The fraction of sp³-hybridized carbons (Fsp3) is 0.222. The Labute approximate surface area is 159 Å². The van der Waals surface area contributed by atoms with Crippen LogP contribution in [0.5, 0.6) is 23.0 Å². The van der Waals surface area contributed by atoms with Crippen LogP contribution < -0.4 is 18.9 Å². The SMILES string of the molecule is COc1ccc(OCc2nc(-c3ccc(OC)c(OC)c3)no2)c([N+](=O)[O-])c1. The largest absolute Gasteiger partial charge is 0.496 e. The molecule has 0 aliphatic heterocycles. The van der Waals surface area contributed by atoms with Crippen molar-refractivity contribution < 1.29 is 28.4 Å². The Balaban J connectivity index is 1.76. The van der Waals surface area contributed by atoms with Crippen LogP contribution in [-0.4, -0.2) is 36.4 Å². The van der Waals surface area contributed by atoms with E-state index in [0.29, 0.717) is 28.6 Å². The first-order valence-electron chi connectivity index (χ1n) is 8.06. The molecule has 10 heteroatoms. The van der Waals surface area contributed by atoms with Crippen LogP contribution in [0.2, 0.25) is 0 Å². The van der Waals surface area contributed by atoms with Gasteiger partial charge in [-0.3, -0.25) is 10.1 Å². The smallest absolute Gasteiger partial charge is 0.314 e. The van der Waals surface area contributed by atoms with Gasteiger partial charge in [0.2, 0.25) is 5.82 Å². The highest BCUT2D eigenvalue weighted by atomic mass is 16.6. The number of methoxy groups -OCH3 is 3. The molecule has 3 rings (SSSR count). The zero-order valence-corrected chi connectivity index (χ0v) is 15.4. The number of ether oxygens (including phenoxy) is 4. The third kappa shape index (κ3) is 3.95. The van der Waals surface area contributed by atoms with Crippen molar-refractivity contribution in [3.05, 3.63) is 52.4 Å². The summed E-state index contributed by atoms with van der Waals surface area (Å²) < 4.78 is 26.1. The van der Waals surface area contributed by atoms with E-state index >= 15 is 0 Å². The molecule has 0 radical (unpaired) electrons. The summed E-state index contributed by atoms with van der Waals surface area (Å²) in [7, 11) is 4.49. The molecule has 0 bridgehead atoms. The van der Waals surface area contributed by atoms with E-state index in [0.717, 1.165) is 0 Å². The van der Waals surface area contributed by atoms with Gasteiger partial charge in [-0.05, 0) is 30.3 Å². The molecule has 1 aromatic heterocycles. The molecule has 3 aromatic rings. The molecule has 0 unspecified atom stereocenters. The number of nitro benzene ring substituents is 1. The summed E-state index contributed by atoms with van der Waals surface area (Å²) in [6.07, 6.45) is 0. The molecule has 1 heterocycles. The van der Waals surface area contributed by atoms with Crippen LogP contribution in [0.25, 0.3) is 11.4 Å². The van der Waals surface area contributed by atoms with Crippen LogP contribution in [0.3, 0.4) is 0 Å². The molecule has 0 spiro atoms. The quantitative estimate of drug-likeness (QED) is 0.424. The number of nitrogens with zero attached hydrogens (tertiary/aromatic N) is 3. The van der Waals surface area contributed by atoms with Crippen LogP contribution in [0.1, 0.15) is 5.89 Å². The van der Waals surface area contributed by atoms with E-state index in [1.165, 1.54) is 26.4 Å². The zero-order valence-electron chi connectivity index (χ0n) is 15.4. The minimum absolute atomic E-state index is 0.0664. The number of aromatic nitrogens is 2. The summed E-state index contributed by atoms with van der Waals surface area (Å²) in [5, 5.41) is 15.1. The first-order chi connectivity index (χ1) is 13.5. The molecule has 10 nitrogen and oxygen atoms in total. The van der Waals surface area contributed by atoms with Crippen LogP contribution in [0, 0.1) is 10.1 Å². The third-order valence-electron chi connectivity index (χ3n) is 3.82. The Morgan fingerprint density at radius 2 is 1.75 bits per heavy atom. The summed E-state index contributed by atoms with van der Waals surface area (Å²) in [4.78, 5) is 14.9. The van der Waals surface area contributed by atoms with Crippen molar-refractivity contribution in [2.75, 3.05) is 21.3 Å². The van der Waals surface area contributed by atoms with Gasteiger partial charge >= 0.3 is 5.69 Å². The predicted octanol–water partition coefficient (Wildman–Crippen LogP) is 3.25. The first kappa shape index (κ1) is 19.0. The molecular formula is C18H17N3O7. The fourth-order valence-corrected chi connectivity index (χ4v) is 2.43. The highest BCUT2D eigenvalue weighted by molar-refractivity contribution is 5.60. The van der Waals surface area contributed by atoms with Gasteiger partial charge in [-0.15, -0.1) is 0 Å². The van der Waals surface area contributed by atoms with Gasteiger partial charge in [-0.25, -0.2) is 0 Å². The third-order valence-corrected chi connectivity index (χ3v) is 3.82. The maximum Gasteiger partial charge on any atom is 0.314 e. The molecule has 0 fully saturated rings. The Hall–Kier alpha value is -3.82. The standard InChI is InChI=1S/C18H17N3O7/c1-24-12-5-7-14(13(9-12)21(22)23)27-10-17-19-18(20-28-17)11-4-6-15(25-2)16(8-11)26-3/h4-9H,10H2,1-3H3. The van der Waals surface area contributed by atoms with Crippen molar-refractivity contribution in [2.45, 2.75) is 6.61 Å². The number of benzene rings is 2. The summed E-state index contributed by atoms with van der Waals surface area (Å²) in [6, 6.07) is 9.47. The Morgan fingerprint density at radius 3 is 2.43 bits per heavy atom. The summed E-state index contributed by atoms with van der Waals surface area (Å²) >= 11 is 0. The van der Waals surface area contributed by atoms with Gasteiger partial charge in [-0.1, -0.05) is 5.16 Å². The highest BCUT2D eigenvalue weighted by Gasteiger charge is 2.18. The van der Waals surface area contributed by atoms with Crippen molar-refractivity contribution in [3.63, 3.8) is 0 Å². The normalized spacial score (nSPS) is 10.4. The Kier molecular flexibility index (Phi) is 5.58. The molecule has 2 aromatic carbocycles. The number of hydrogen-bond acceptors (Lipinski definition) is 9. The van der Waals surface area contributed by atoms with Crippen LogP contribution in [-0.2, 0) is 6.61 Å². The van der Waals surface area contributed by atoms with Crippen molar-refractivity contribution in [2.24, 2.45) is 0 Å². The van der Waals surface area contributed by atoms with Gasteiger partial charge in [0.05, 0.1) is 32.3 Å². The average Bonchev–Trinajstić information content (AvgIpc) is 3.20. The van der Waals surface area contributed by atoms with Crippen molar-refractivity contribution in [1.29, 1.82) is 0 Å². The lowest BCUT2D eigenvalue weighted by atomic mass is 10.2. The van der Waals surface area contributed by atoms with Gasteiger partial charge in [0.1, 0.15) is 5.75 Å². The minimum Gasteiger partial charge on any atom is -0.496 e. The lowest BCUT2D eigenvalue weighted by Crippen LogP contribution is -2.00. The lowest BCUT2D eigenvalue weighted by Gasteiger charge is -2.07. The van der Waals surface area contributed by atoms with Gasteiger partial charge in [0.25, 0.3) is 5.89 Å². The molecule has 0 atom stereocenters. The van der Waals surface area contributed by atoms with Crippen LogP contribution >= 0.6 is 0 Å². The van der Waals surface area contributed by atoms with Crippen molar-refractivity contribution in [3.8, 4) is 34.4 Å². The van der Waals surface area contributed by atoms with E-state index in [1.807, 2.05) is 0 Å². The highest BCUT2D eigenvalue weighted by Crippen LogP contribution is 2.33. The maximum atomic E-state index is 11.2. The maximum absolute atomic E-state index is 11.2. The topological polar surface area (TPSA) is 119 Å². The number of rotatable bonds is 8. The van der Waals surface area contributed by atoms with Crippen molar-refractivity contribution >= 4 is 5.69 Å². The van der Waals surface area contributed by atoms with E-state index in [4.69, 9.17) is 23.5 Å². The molecule has 28 heavy (non-hydrogen) atoms. The van der Waals surface area contributed by atoms with E-state index in [1.54, 1.807) is 31.4 Å². The zero-order chi connectivity index (χ0) is 20.1. The molecule has 146 valence electrons. The molecule has 0 saturated carbocycles. The number of nitro groups is 1. The van der Waals surface area contributed by atoms with Crippen LogP contribution in [0.4, 0.5) is 5.69 Å². The van der Waals surface area contributed by atoms with E-state index in [2.05, 4.69) is 10.1 Å². The van der Waals surface area contributed by atoms with Crippen LogP contribution in [0.15, 0.2) is 40.9 Å². The molecule has 0 aliphatic carbocycles. The number of hydrogen-bond donors (Lipinski definition) is 0. The molecule has 0 N–H and O–H groups in total. The molecule has 0 aliphatic rings. The molecule has 0 amide bonds. The fourth-order valence-electron chi connectivity index (χ4n) is 2.43. The second kappa shape index (κ2) is 8.25. The minimum atomic E-state index is -0.555. The van der Waals surface area contributed by atoms with Crippen molar-refractivity contribution in [1.82, 2.24) is 10.1 Å². The predicted molar refractivity (Wildman–Crippen MR) is 96.8 cm³/mol. The average molecular weight is 387 g/mol. The molecular weight excluding hydrogens is 370 g/mol. The Morgan fingerprint density at radius 1 is 1.00 bits per heavy atom. The monoisotopic (exact) mass is 387 g/mol. The Bertz CT molecular complexity index is 987. The van der Waals surface area contributed by atoms with E-state index in [-0.39, 0.29) is 23.9 Å². The summed E-state index contributed by atoms with van der Waals surface area (Å²) in [5.74, 6) is 2.00. The van der Waals surface area contributed by atoms with E-state index in [9.17, 15) is 10.1 Å². The van der Waals surface area contributed by atoms with E-state index < -0.39 is 4.92 Å². The van der Waals surface area contributed by atoms with Gasteiger partial charge in [0, 0.05) is 5.56 Å². The molecule has 0 saturated heterocycles. The summed E-state index contributed by atoms with van der Waals surface area (Å²) in [6.45, 7) is -0.131. The first-order valence-corrected chi connectivity index (χ1v) is 8.06. The second-order valence-electron chi connectivity index (χ2n) is 5.46. The summed E-state index contributed by atoms with van der Waals surface area (Å²) in [5.41, 5.74) is 0.432. The van der Waals surface area contributed by atoms with Gasteiger partial charge in [0.15, 0.2) is 23.9 Å². The second-order valence-corrected chi connectivity index (χ2v) is 5.46. The lowest BCUT2D eigenvalue weighted by molar-refractivity contribution is -0.386.